The van der Waals surface area contributed by atoms with Crippen LogP contribution in [0.5, 0.6) is 0 Å². The minimum absolute atomic E-state index is 0.601. The summed E-state index contributed by atoms with van der Waals surface area (Å²) in [6.45, 7) is 4.42. The lowest BCUT2D eigenvalue weighted by molar-refractivity contribution is 0.566. The molecule has 0 fully saturated rings. The lowest BCUT2D eigenvalue weighted by atomic mass is 10.0. The van der Waals surface area contributed by atoms with Crippen molar-refractivity contribution >= 4 is 16.1 Å². The second kappa shape index (κ2) is 4.65. The van der Waals surface area contributed by atoms with Gasteiger partial charge in [0.2, 0.25) is 0 Å². The molecule has 0 spiro atoms. The van der Waals surface area contributed by atoms with Gasteiger partial charge in [-0.25, -0.2) is 4.98 Å². The number of hydrogen-bond donors (Lipinski definition) is 0. The molecule has 0 aliphatic heterocycles. The Labute approximate surface area is 82.3 Å². The van der Waals surface area contributed by atoms with Crippen molar-refractivity contribution in [3.05, 3.63) is 18.2 Å². The first-order chi connectivity index (χ1) is 5.79. The normalized spacial score (nSPS) is 13.2. The molecule has 0 bridgehead atoms. The van der Waals surface area contributed by atoms with Crippen molar-refractivity contribution in [1.29, 1.82) is 0 Å². The third kappa shape index (κ3) is 2.09. The molecular weight excluding hydrogens is 216 g/mol. The highest BCUT2D eigenvalue weighted by atomic mass is 79.9. The maximum absolute atomic E-state index is 4.32. The molecular formula is C9H15BrN2. The van der Waals surface area contributed by atoms with Gasteiger partial charge >= 0.3 is 0 Å². The number of nitrogens with zero attached hydrogens (tertiary/aromatic N) is 2. The van der Waals surface area contributed by atoms with E-state index in [9.17, 15) is 0 Å². The van der Waals surface area contributed by atoms with E-state index in [4.69, 9.17) is 0 Å². The highest BCUT2D eigenvalue weighted by Crippen LogP contribution is 2.23. The van der Waals surface area contributed by atoms with Crippen molar-refractivity contribution < 1.29 is 0 Å². The minimum Gasteiger partial charge on any atom is -0.270 e. The van der Waals surface area contributed by atoms with Gasteiger partial charge in [-0.1, -0.05) is 20.3 Å². The van der Waals surface area contributed by atoms with Gasteiger partial charge in [0.05, 0.1) is 16.1 Å². The van der Waals surface area contributed by atoms with Gasteiger partial charge in [0.1, 0.15) is 5.82 Å². The fourth-order valence-corrected chi connectivity index (χ4v) is 1.93. The molecule has 0 aliphatic rings. The molecule has 1 aromatic heterocycles. The Bertz CT molecular complexity index is 232. The molecule has 0 saturated carbocycles. The number of imidazole rings is 1. The van der Waals surface area contributed by atoms with Crippen molar-refractivity contribution in [2.24, 2.45) is 0 Å². The van der Waals surface area contributed by atoms with Crippen molar-refractivity contribution in [2.45, 2.75) is 39.0 Å². The Morgan fingerprint density at radius 3 is 2.75 bits per heavy atom. The zero-order chi connectivity index (χ0) is 8.97. The Balaban J connectivity index is 2.72. The van der Waals surface area contributed by atoms with Crippen LogP contribution >= 0.6 is 16.1 Å². The molecule has 1 aromatic rings. The van der Waals surface area contributed by atoms with Crippen molar-refractivity contribution in [1.82, 2.24) is 8.58 Å². The number of hydrogen-bond acceptors (Lipinski definition) is 1. The van der Waals surface area contributed by atoms with Crippen LogP contribution in [0.1, 0.15) is 44.9 Å². The predicted octanol–water partition coefficient (Wildman–Crippen LogP) is 3.33. The summed E-state index contributed by atoms with van der Waals surface area (Å²) < 4.78 is 1.94. The summed E-state index contributed by atoms with van der Waals surface area (Å²) in [5, 5.41) is 0. The average molecular weight is 231 g/mol. The average Bonchev–Trinajstić information content (AvgIpc) is 2.47. The van der Waals surface area contributed by atoms with Crippen LogP contribution in [0, 0.1) is 0 Å². The predicted molar refractivity (Wildman–Crippen MR) is 54.5 cm³/mol. The molecule has 2 nitrogen and oxygen atoms in total. The van der Waals surface area contributed by atoms with Crippen LogP contribution in [0.3, 0.4) is 0 Å². The second-order valence-electron chi connectivity index (χ2n) is 2.99. The van der Waals surface area contributed by atoms with E-state index < -0.39 is 0 Å². The van der Waals surface area contributed by atoms with Crippen molar-refractivity contribution in [2.75, 3.05) is 0 Å². The molecule has 1 rings (SSSR count). The zero-order valence-electron chi connectivity index (χ0n) is 7.63. The van der Waals surface area contributed by atoms with E-state index in [0.717, 1.165) is 12.2 Å². The highest BCUT2D eigenvalue weighted by Gasteiger charge is 2.12. The van der Waals surface area contributed by atoms with Crippen LogP contribution in [0.25, 0.3) is 0 Å². The quantitative estimate of drug-likeness (QED) is 0.777. The fourth-order valence-electron chi connectivity index (χ4n) is 1.44. The molecule has 0 aromatic carbocycles. The standard InChI is InChI=1S/C9H15BrN2/c1-3-5-8(4-2)9-11-6-7-12(9)10/h6-8H,3-5H2,1-2H3. The molecule has 0 saturated heterocycles. The van der Waals surface area contributed by atoms with Gasteiger partial charge in [-0.2, -0.15) is 0 Å². The molecule has 1 unspecified atom stereocenters. The van der Waals surface area contributed by atoms with E-state index >= 15 is 0 Å². The Morgan fingerprint density at radius 1 is 1.58 bits per heavy atom. The molecule has 0 aliphatic carbocycles. The van der Waals surface area contributed by atoms with Crippen molar-refractivity contribution in [3.63, 3.8) is 0 Å². The third-order valence-electron chi connectivity index (χ3n) is 2.12. The smallest absolute Gasteiger partial charge is 0.121 e. The SMILES string of the molecule is CCCC(CC)c1nccn1Br. The molecule has 1 atom stereocenters. The summed E-state index contributed by atoms with van der Waals surface area (Å²) in [5.41, 5.74) is 0. The van der Waals surface area contributed by atoms with Gasteiger partial charge < -0.3 is 0 Å². The molecule has 0 N–H and O–H groups in total. The maximum Gasteiger partial charge on any atom is 0.121 e. The van der Waals surface area contributed by atoms with E-state index in [0.29, 0.717) is 5.92 Å². The molecule has 68 valence electrons. The molecule has 0 amide bonds. The van der Waals surface area contributed by atoms with E-state index in [2.05, 4.69) is 35.0 Å². The van der Waals surface area contributed by atoms with Gasteiger partial charge in [-0.3, -0.25) is 3.59 Å². The molecule has 0 radical (unpaired) electrons. The number of rotatable bonds is 4. The summed E-state index contributed by atoms with van der Waals surface area (Å²) in [7, 11) is 0. The first kappa shape index (κ1) is 9.78. The first-order valence-corrected chi connectivity index (χ1v) is 5.19. The third-order valence-corrected chi connectivity index (χ3v) is 2.72. The first-order valence-electron chi connectivity index (χ1n) is 4.49. The number of halogens is 1. The summed E-state index contributed by atoms with van der Waals surface area (Å²) in [4.78, 5) is 4.32. The van der Waals surface area contributed by atoms with Gasteiger partial charge in [0, 0.05) is 18.3 Å². The second-order valence-corrected chi connectivity index (χ2v) is 3.75. The van der Waals surface area contributed by atoms with Crippen LogP contribution in [0.15, 0.2) is 12.4 Å². The summed E-state index contributed by atoms with van der Waals surface area (Å²) in [6, 6.07) is 0. The fraction of sp³-hybridized carbons (Fsp3) is 0.667. The minimum atomic E-state index is 0.601. The van der Waals surface area contributed by atoms with Gasteiger partial charge in [-0.15, -0.1) is 0 Å². The van der Waals surface area contributed by atoms with Gasteiger partial charge in [0.15, 0.2) is 0 Å². The zero-order valence-corrected chi connectivity index (χ0v) is 9.21. The lowest BCUT2D eigenvalue weighted by Gasteiger charge is -2.11. The Hall–Kier alpha value is -0.310. The monoisotopic (exact) mass is 230 g/mol. The van der Waals surface area contributed by atoms with Crippen molar-refractivity contribution in [3.8, 4) is 0 Å². The van der Waals surface area contributed by atoms with E-state index in [1.165, 1.54) is 12.8 Å². The highest BCUT2D eigenvalue weighted by molar-refractivity contribution is 9.08. The van der Waals surface area contributed by atoms with Crippen LogP contribution < -0.4 is 0 Å². The Kier molecular flexibility index (Phi) is 3.79. The van der Waals surface area contributed by atoms with E-state index in [1.54, 1.807) is 0 Å². The Morgan fingerprint density at radius 2 is 2.33 bits per heavy atom. The van der Waals surface area contributed by atoms with Crippen LogP contribution in [0.4, 0.5) is 0 Å². The van der Waals surface area contributed by atoms with Gasteiger partial charge in [0.25, 0.3) is 0 Å². The number of aromatic nitrogens is 2. The van der Waals surface area contributed by atoms with E-state index in [1.807, 2.05) is 16.0 Å². The van der Waals surface area contributed by atoms with Crippen LogP contribution in [-0.2, 0) is 0 Å². The summed E-state index contributed by atoms with van der Waals surface area (Å²) in [5.74, 6) is 1.75. The lowest BCUT2D eigenvalue weighted by Crippen LogP contribution is -2.02. The summed E-state index contributed by atoms with van der Waals surface area (Å²) in [6.07, 6.45) is 7.38. The van der Waals surface area contributed by atoms with Crippen LogP contribution in [-0.4, -0.2) is 8.58 Å². The maximum atomic E-state index is 4.32. The molecule has 1 heterocycles. The summed E-state index contributed by atoms with van der Waals surface area (Å²) >= 11 is 3.43. The largest absolute Gasteiger partial charge is 0.270 e. The molecule has 3 heteroatoms. The van der Waals surface area contributed by atoms with E-state index in [-0.39, 0.29) is 0 Å². The van der Waals surface area contributed by atoms with Gasteiger partial charge in [-0.05, 0) is 12.8 Å². The van der Waals surface area contributed by atoms with Crippen LogP contribution in [0.2, 0.25) is 0 Å². The molecule has 12 heavy (non-hydrogen) atoms. The topological polar surface area (TPSA) is 17.8 Å².